The maximum Gasteiger partial charge on any atom is 0.349 e. The Morgan fingerprint density at radius 1 is 0.393 bits per heavy atom. The molecule has 117 heavy (non-hydrogen) atoms. The number of amides is 4. The van der Waals surface area contributed by atoms with Crippen LogP contribution in [0.25, 0.3) is 11.4 Å². The highest BCUT2D eigenvalue weighted by atomic mass is 79.9. The van der Waals surface area contributed by atoms with Crippen molar-refractivity contribution in [2.45, 2.75) is 114 Å². The molecular weight excluding hydrogens is 1830 g/mol. The van der Waals surface area contributed by atoms with Gasteiger partial charge >= 0.3 is 23.4 Å². The molecule has 0 fully saturated rings. The van der Waals surface area contributed by atoms with Crippen molar-refractivity contribution in [1.82, 2.24) is 81.0 Å². The normalized spacial score (nSPS) is 13.1. The molecule has 8 heterocycles. The molecule has 0 aliphatic carbocycles. The van der Waals surface area contributed by atoms with Crippen LogP contribution in [0.3, 0.4) is 0 Å². The Morgan fingerprint density at radius 2 is 0.667 bits per heavy atom. The number of rotatable bonds is 18. The molecule has 0 saturated heterocycles. The van der Waals surface area contributed by atoms with Crippen molar-refractivity contribution in [3.63, 3.8) is 0 Å². The number of hydrogen-bond donors (Lipinski definition) is 10. The maximum atomic E-state index is 12.2. The molecule has 10 aromatic rings. The highest BCUT2D eigenvalue weighted by Crippen LogP contribution is 2.44. The minimum Gasteiger partial charge on any atom is -0.435 e. The lowest BCUT2D eigenvalue weighted by molar-refractivity contribution is 0.247. The number of H-pyrrole nitrogens is 6. The van der Waals surface area contributed by atoms with E-state index in [4.69, 9.17) is 88.4 Å². The summed E-state index contributed by atoms with van der Waals surface area (Å²) in [5.41, 5.74) is 11.8. The number of benzene rings is 4. The monoisotopic (exact) mass is 1890 g/mol. The molecule has 44 heteroatoms. The average molecular weight is 1900 g/mol. The van der Waals surface area contributed by atoms with E-state index in [1.807, 2.05) is 69.2 Å². The molecule has 12 rings (SSSR count). The Kier molecular flexibility index (Phi) is 30.1. The van der Waals surface area contributed by atoms with Crippen LogP contribution in [0.4, 0.5) is 21.0 Å². The van der Waals surface area contributed by atoms with Gasteiger partial charge in [-0.1, -0.05) is 148 Å². The van der Waals surface area contributed by atoms with Crippen LogP contribution in [0.5, 0.6) is 46.5 Å². The third-order valence-electron chi connectivity index (χ3n) is 17.1. The molecule has 12 N–H and O–H groups in total. The highest BCUT2D eigenvalue weighted by molar-refractivity contribution is 9.11. The summed E-state index contributed by atoms with van der Waals surface area (Å²) < 4.78 is 26.4. The average Bonchev–Trinajstić information content (AvgIpc) is 0.804. The molecule has 616 valence electrons. The SMILES string of the molecule is C.C=C1NC(=O)N(c2cc(Br)c(Oc3cc(C(C)C)c(=O)[nH]n3)c(Br)c2)N=C1N.C=C1NC(=O)N(c2cc(Cl)c(Oc3cc(C(C)C)c(=O)[nH]n3)c(Br)c2)N=C1N.Cc1nn(-c2cc(Cl)c(Oc3cc([C@@H](C)C(C)C)c(=O)[nH]n3)c(Cl)c2)c(=O)[nH]c1=O.Cc1nn(-c2cc(Cl)c(Oc3cc([C@H](C)C(C)C)c(=O)[nH]n3)c(Cl)c2)c(=O)[nH]c1=O. The van der Waals surface area contributed by atoms with Gasteiger partial charge in [0, 0.05) is 46.5 Å². The lowest BCUT2D eigenvalue weighted by Gasteiger charge is -2.24. The summed E-state index contributed by atoms with van der Waals surface area (Å²) in [6.07, 6.45) is 0. The number of urea groups is 2. The first-order valence-electron chi connectivity index (χ1n) is 34.3. The number of aryl methyl sites for hydroxylation is 2. The van der Waals surface area contributed by atoms with E-state index < -0.39 is 34.6 Å². The standard InChI is InChI=1S/2C19H19Cl2N5O4.C17H16Br2N6O3.C17H16BrClN6O3.CH4/c2*1-8(2)9(3)12-7-15(23-24-18(12)28)30-16-13(20)5-11(6-14(16)21)26-19(29)22-17(27)10(4)25-26;2*1-7(2)10-6-13(22-23-16(10)26)28-14-11(18)4-9(5-12(14)19)25-17(27)21-8(3)15(20)24-25;/h2*5-9H,1-4H3,(H,24,28)(H,22,27,29);2*4-7H,3H2,1-2H3,(H2,20,24)(H,21,27)(H,23,26);1H4/t2*9-;;;/m10.../s1. The number of anilines is 2. The largest absolute Gasteiger partial charge is 0.435 e. The molecule has 36 nitrogen and oxygen atoms in total. The van der Waals surface area contributed by atoms with E-state index in [1.54, 1.807) is 42.5 Å². The number of hydrazone groups is 2. The molecule has 4 amide bonds. The summed E-state index contributed by atoms with van der Waals surface area (Å²) in [6, 6.07) is 17.2. The Bertz CT molecular complexity index is 5700. The summed E-state index contributed by atoms with van der Waals surface area (Å²) in [5.74, 6) is 2.11. The Morgan fingerprint density at radius 3 is 0.983 bits per heavy atom. The zero-order valence-corrected chi connectivity index (χ0v) is 71.6. The van der Waals surface area contributed by atoms with E-state index in [1.165, 1.54) is 44.2 Å². The molecule has 0 spiro atoms. The van der Waals surface area contributed by atoms with E-state index in [0.717, 1.165) is 19.4 Å². The molecule has 0 radical (unpaired) electrons. The molecule has 6 aromatic heterocycles. The van der Waals surface area contributed by atoms with Gasteiger partial charge in [-0.3, -0.25) is 38.7 Å². The van der Waals surface area contributed by atoms with Gasteiger partial charge in [0.1, 0.15) is 11.4 Å². The lowest BCUT2D eigenvalue weighted by atomic mass is 9.91. The third-order valence-corrected chi connectivity index (χ3v) is 20.3. The number of nitrogens with zero attached hydrogens (tertiary/aromatic N) is 12. The van der Waals surface area contributed by atoms with E-state index in [-0.39, 0.29) is 177 Å². The highest BCUT2D eigenvalue weighted by Gasteiger charge is 2.29. The van der Waals surface area contributed by atoms with Gasteiger partial charge in [0.05, 0.1) is 72.7 Å². The van der Waals surface area contributed by atoms with E-state index in [2.05, 4.69) is 143 Å². The zero-order valence-electron chi connectivity index (χ0n) is 63.1. The van der Waals surface area contributed by atoms with Crippen LogP contribution in [-0.4, -0.2) is 94.1 Å². The van der Waals surface area contributed by atoms with Crippen LogP contribution in [-0.2, 0) is 0 Å². The second kappa shape index (κ2) is 38.6. The molecule has 2 atom stereocenters. The zero-order chi connectivity index (χ0) is 85.5. The molecule has 0 bridgehead atoms. The van der Waals surface area contributed by atoms with Crippen LogP contribution < -0.4 is 95.8 Å². The lowest BCUT2D eigenvalue weighted by Crippen LogP contribution is -2.45. The van der Waals surface area contributed by atoms with Crippen molar-refractivity contribution >= 4 is 141 Å². The van der Waals surface area contributed by atoms with E-state index in [9.17, 15) is 47.9 Å². The molecule has 2 aliphatic rings. The summed E-state index contributed by atoms with van der Waals surface area (Å²) in [6.45, 7) is 29.6. The molecule has 0 saturated carbocycles. The van der Waals surface area contributed by atoms with Gasteiger partial charge in [-0.25, -0.2) is 39.6 Å². The molecular formula is C73H74Br3Cl5N22O14. The van der Waals surface area contributed by atoms with Crippen LogP contribution >= 0.6 is 106 Å². The summed E-state index contributed by atoms with van der Waals surface area (Å²) >= 11 is 41.8. The van der Waals surface area contributed by atoms with Crippen LogP contribution in [0.1, 0.15) is 134 Å². The van der Waals surface area contributed by atoms with Crippen LogP contribution in [0.2, 0.25) is 25.1 Å². The van der Waals surface area contributed by atoms with E-state index >= 15 is 0 Å². The van der Waals surface area contributed by atoms with Crippen molar-refractivity contribution in [3.8, 4) is 57.9 Å². The van der Waals surface area contributed by atoms with E-state index in [0.29, 0.717) is 52.8 Å². The second-order valence-corrected chi connectivity index (χ2v) is 31.2. The summed E-state index contributed by atoms with van der Waals surface area (Å²) in [7, 11) is 0. The Labute approximate surface area is 713 Å². The molecule has 0 unspecified atom stereocenters. The number of nitrogens with one attached hydrogen (secondary N) is 8. The first kappa shape index (κ1) is 91.2. The fourth-order valence-electron chi connectivity index (χ4n) is 10.1. The number of ether oxygens (including phenoxy) is 4. The fraction of sp³-hybridized carbons (Fsp3) is 0.260. The van der Waals surface area contributed by atoms with Gasteiger partial charge in [-0.15, -0.1) is 30.6 Å². The number of amidine groups is 2. The molecule has 4 aromatic carbocycles. The van der Waals surface area contributed by atoms with Gasteiger partial charge in [0.25, 0.3) is 33.4 Å². The number of hydrogen-bond acceptors (Lipinski definition) is 24. The predicted molar refractivity (Wildman–Crippen MR) is 456 cm³/mol. The number of nitrogens with two attached hydrogens (primary N) is 2. The van der Waals surface area contributed by atoms with Gasteiger partial charge in [-0.2, -0.15) is 29.6 Å². The summed E-state index contributed by atoms with van der Waals surface area (Å²) in [5, 5.41) is 48.9. The van der Waals surface area contributed by atoms with Crippen molar-refractivity contribution in [2.75, 3.05) is 10.0 Å². The van der Waals surface area contributed by atoms with Gasteiger partial charge in [-0.05, 0) is 146 Å². The second-order valence-electron chi connectivity index (χ2n) is 26.6. The van der Waals surface area contributed by atoms with Crippen molar-refractivity contribution in [1.29, 1.82) is 0 Å². The number of carbonyl (C=O) groups is 2. The first-order chi connectivity index (χ1) is 54.5. The quantitative estimate of drug-likeness (QED) is 0.0381. The topological polar surface area (TPSA) is 497 Å². The fourth-order valence-corrected chi connectivity index (χ4v) is 13.5. The number of carbonyl (C=O) groups excluding carboxylic acids is 2. The number of aromatic amines is 6. The predicted octanol–water partition coefficient (Wildman–Crippen LogP) is 13.9. The van der Waals surface area contributed by atoms with Gasteiger partial charge in [0.2, 0.25) is 23.5 Å². The van der Waals surface area contributed by atoms with Crippen molar-refractivity contribution in [2.24, 2.45) is 33.5 Å². The van der Waals surface area contributed by atoms with Gasteiger partial charge in [0.15, 0.2) is 34.7 Å². The number of aromatic nitrogens is 14. The van der Waals surface area contributed by atoms with Gasteiger partial charge < -0.3 is 41.0 Å². The Hall–Kier alpha value is -11.3. The van der Waals surface area contributed by atoms with Crippen molar-refractivity contribution in [3.05, 3.63) is 253 Å². The number of halogens is 8. The van der Waals surface area contributed by atoms with Crippen molar-refractivity contribution < 1.29 is 28.5 Å². The minimum absolute atomic E-state index is 0. The summed E-state index contributed by atoms with van der Waals surface area (Å²) in [4.78, 5) is 124. The first-order valence-corrected chi connectivity index (χ1v) is 38.5. The third kappa shape index (κ3) is 21.9. The minimum atomic E-state index is -0.735. The van der Waals surface area contributed by atoms with Crippen LogP contribution in [0, 0.1) is 25.7 Å². The maximum absolute atomic E-state index is 12.2. The molecule has 2 aliphatic heterocycles. The Balaban J connectivity index is 0.000000194. The van der Waals surface area contributed by atoms with Crippen LogP contribution in [0.15, 0.2) is 159 Å². The smallest absolute Gasteiger partial charge is 0.349 e.